The van der Waals surface area contributed by atoms with Crippen LogP contribution in [0.3, 0.4) is 0 Å². The number of hydrogen-bond donors (Lipinski definition) is 0. The summed E-state index contributed by atoms with van der Waals surface area (Å²) in [5, 5.41) is -0.525. The maximum Gasteiger partial charge on any atom is 0.255 e. The molecule has 0 spiro atoms. The molecule has 0 bridgehead atoms. The molecule has 1 saturated heterocycles. The van der Waals surface area contributed by atoms with Crippen molar-refractivity contribution in [3.63, 3.8) is 0 Å². The third kappa shape index (κ3) is 2.82. The van der Waals surface area contributed by atoms with E-state index in [0.29, 0.717) is 11.3 Å². The van der Waals surface area contributed by atoms with Gasteiger partial charge in [0.15, 0.2) is 9.84 Å². The van der Waals surface area contributed by atoms with Gasteiger partial charge in [0.2, 0.25) is 0 Å². The molecular weight excluding hydrogens is 292 g/mol. The Morgan fingerprint density at radius 1 is 1.33 bits per heavy atom. The van der Waals surface area contributed by atoms with Gasteiger partial charge in [-0.05, 0) is 24.3 Å². The quantitative estimate of drug-likeness (QED) is 0.845. The van der Waals surface area contributed by atoms with Crippen molar-refractivity contribution in [1.82, 2.24) is 9.88 Å². The second-order valence-electron chi connectivity index (χ2n) is 4.96. The molecule has 3 heterocycles. The fourth-order valence-electron chi connectivity index (χ4n) is 2.21. The van der Waals surface area contributed by atoms with Gasteiger partial charge >= 0.3 is 0 Å². The van der Waals surface area contributed by atoms with Crippen LogP contribution in [0.5, 0.6) is 0 Å². The normalized spacial score (nSPS) is 15.7. The Kier molecular flexibility index (Phi) is 3.50. The van der Waals surface area contributed by atoms with Gasteiger partial charge in [0.25, 0.3) is 5.91 Å². The van der Waals surface area contributed by atoms with Crippen LogP contribution in [0.4, 0.5) is 0 Å². The van der Waals surface area contributed by atoms with Crippen LogP contribution in [0, 0.1) is 0 Å². The lowest BCUT2D eigenvalue weighted by Gasteiger charge is -2.38. The summed E-state index contributed by atoms with van der Waals surface area (Å²) in [6.45, 7) is 0.438. The van der Waals surface area contributed by atoms with Crippen molar-refractivity contribution in [3.8, 4) is 0 Å². The molecule has 1 amide bonds. The molecule has 0 atom stereocenters. The fraction of sp³-hybridized carbons (Fsp3) is 0.286. The summed E-state index contributed by atoms with van der Waals surface area (Å²) in [6, 6.07) is 6.64. The van der Waals surface area contributed by atoms with Gasteiger partial charge < -0.3 is 9.32 Å². The molecule has 1 aliphatic rings. The molecule has 3 rings (SSSR count). The highest BCUT2D eigenvalue weighted by Crippen LogP contribution is 2.22. The zero-order valence-corrected chi connectivity index (χ0v) is 12.0. The molecule has 0 radical (unpaired) electrons. The van der Waals surface area contributed by atoms with Crippen molar-refractivity contribution < 1.29 is 17.6 Å². The van der Waals surface area contributed by atoms with E-state index in [0.717, 1.165) is 0 Å². The third-order valence-corrected chi connectivity index (χ3v) is 5.48. The first kappa shape index (κ1) is 13.8. The Hall–Kier alpha value is -2.15. The molecule has 0 N–H and O–H groups in total. The van der Waals surface area contributed by atoms with Gasteiger partial charge in [-0.15, -0.1) is 0 Å². The zero-order chi connectivity index (χ0) is 14.9. The highest BCUT2D eigenvalue weighted by Gasteiger charge is 2.40. The van der Waals surface area contributed by atoms with Gasteiger partial charge in [0.1, 0.15) is 11.5 Å². The standard InChI is InChI=1S/C14H14N2O4S/c17-14(11-3-1-5-15-7-11)16-8-13(9-16)21(18,19)10-12-4-2-6-20-12/h1-7,13H,8-10H2. The fourth-order valence-corrected chi connectivity index (χ4v) is 3.82. The van der Waals surface area contributed by atoms with Gasteiger partial charge in [-0.1, -0.05) is 0 Å². The van der Waals surface area contributed by atoms with Crippen LogP contribution in [0.1, 0.15) is 16.1 Å². The molecule has 6 nitrogen and oxygen atoms in total. The first-order chi connectivity index (χ1) is 10.1. The van der Waals surface area contributed by atoms with E-state index in [1.165, 1.54) is 17.4 Å². The van der Waals surface area contributed by atoms with Crippen molar-refractivity contribution in [3.05, 3.63) is 54.2 Å². The van der Waals surface area contributed by atoms with Crippen molar-refractivity contribution >= 4 is 15.7 Å². The Balaban J connectivity index is 1.61. The molecule has 110 valence electrons. The summed E-state index contributed by atoms with van der Waals surface area (Å²) in [5.41, 5.74) is 0.472. The van der Waals surface area contributed by atoms with Crippen molar-refractivity contribution in [1.29, 1.82) is 0 Å². The molecule has 1 aliphatic heterocycles. The summed E-state index contributed by atoms with van der Waals surface area (Å²) >= 11 is 0. The number of amides is 1. The van der Waals surface area contributed by atoms with E-state index in [1.54, 1.807) is 30.5 Å². The van der Waals surface area contributed by atoms with Crippen molar-refractivity contribution in [2.75, 3.05) is 13.1 Å². The Labute approximate surface area is 122 Å². The largest absolute Gasteiger partial charge is 0.468 e. The van der Waals surface area contributed by atoms with Gasteiger partial charge in [0, 0.05) is 25.5 Å². The van der Waals surface area contributed by atoms with E-state index in [1.807, 2.05) is 0 Å². The van der Waals surface area contributed by atoms with E-state index >= 15 is 0 Å². The van der Waals surface area contributed by atoms with Crippen molar-refractivity contribution in [2.24, 2.45) is 0 Å². The lowest BCUT2D eigenvalue weighted by molar-refractivity contribution is 0.0658. The summed E-state index contributed by atoms with van der Waals surface area (Å²) in [5.74, 6) is 0.110. The number of rotatable bonds is 4. The first-order valence-electron chi connectivity index (χ1n) is 6.49. The molecule has 2 aromatic rings. The summed E-state index contributed by atoms with van der Waals surface area (Å²) in [4.78, 5) is 17.5. The van der Waals surface area contributed by atoms with Crippen LogP contribution in [0.2, 0.25) is 0 Å². The number of likely N-dealkylation sites (tertiary alicyclic amines) is 1. The molecule has 1 fully saturated rings. The molecule has 0 aliphatic carbocycles. The topological polar surface area (TPSA) is 80.5 Å². The van der Waals surface area contributed by atoms with Gasteiger partial charge in [-0.2, -0.15) is 0 Å². The number of carbonyl (C=O) groups excluding carboxylic acids is 1. The SMILES string of the molecule is O=C(c1cccnc1)N1CC(S(=O)(=O)Cc2ccco2)C1. The van der Waals surface area contributed by atoms with Crippen LogP contribution in [0.15, 0.2) is 47.3 Å². The highest BCUT2D eigenvalue weighted by atomic mass is 32.2. The molecule has 0 aromatic carbocycles. The highest BCUT2D eigenvalue weighted by molar-refractivity contribution is 7.91. The molecular formula is C14H14N2O4S. The second-order valence-corrected chi connectivity index (χ2v) is 7.24. The van der Waals surface area contributed by atoms with Crippen LogP contribution >= 0.6 is 0 Å². The number of pyridine rings is 1. The lowest BCUT2D eigenvalue weighted by Crippen LogP contribution is -2.57. The second kappa shape index (κ2) is 5.33. The van der Waals surface area contributed by atoms with E-state index in [9.17, 15) is 13.2 Å². The monoisotopic (exact) mass is 306 g/mol. The number of aromatic nitrogens is 1. The Morgan fingerprint density at radius 2 is 2.14 bits per heavy atom. The Morgan fingerprint density at radius 3 is 2.76 bits per heavy atom. The van der Waals surface area contributed by atoms with Gasteiger partial charge in [-0.25, -0.2) is 8.42 Å². The molecule has 2 aromatic heterocycles. The molecule has 7 heteroatoms. The van der Waals surface area contributed by atoms with E-state index < -0.39 is 15.1 Å². The molecule has 0 unspecified atom stereocenters. The van der Waals surface area contributed by atoms with Gasteiger partial charge in [-0.3, -0.25) is 9.78 Å². The average molecular weight is 306 g/mol. The minimum Gasteiger partial charge on any atom is -0.468 e. The first-order valence-corrected chi connectivity index (χ1v) is 8.21. The number of nitrogens with zero attached hydrogens (tertiary/aromatic N) is 2. The summed E-state index contributed by atoms with van der Waals surface area (Å²) in [6.07, 6.45) is 4.51. The van der Waals surface area contributed by atoms with E-state index in [2.05, 4.69) is 4.98 Å². The smallest absolute Gasteiger partial charge is 0.255 e. The van der Waals surface area contributed by atoms with Crippen LogP contribution in [-0.2, 0) is 15.6 Å². The van der Waals surface area contributed by atoms with E-state index in [4.69, 9.17) is 4.42 Å². The van der Waals surface area contributed by atoms with Gasteiger partial charge in [0.05, 0.1) is 17.1 Å². The number of carbonyl (C=O) groups is 1. The summed E-state index contributed by atoms with van der Waals surface area (Å²) < 4.78 is 29.4. The zero-order valence-electron chi connectivity index (χ0n) is 11.2. The maximum absolute atomic E-state index is 12.2. The number of furan rings is 1. The minimum atomic E-state index is -3.30. The number of sulfone groups is 1. The number of hydrogen-bond acceptors (Lipinski definition) is 5. The predicted molar refractivity (Wildman–Crippen MR) is 75.3 cm³/mol. The minimum absolute atomic E-state index is 0.125. The maximum atomic E-state index is 12.2. The van der Waals surface area contributed by atoms with Crippen molar-refractivity contribution in [2.45, 2.75) is 11.0 Å². The van der Waals surface area contributed by atoms with Crippen LogP contribution < -0.4 is 0 Å². The van der Waals surface area contributed by atoms with E-state index in [-0.39, 0.29) is 24.7 Å². The predicted octanol–water partition coefficient (Wildman–Crippen LogP) is 1.11. The molecule has 0 saturated carbocycles. The molecule has 21 heavy (non-hydrogen) atoms. The average Bonchev–Trinajstić information content (AvgIpc) is 2.89. The summed E-state index contributed by atoms with van der Waals surface area (Å²) in [7, 11) is -3.30. The van der Waals surface area contributed by atoms with Crippen LogP contribution in [0.25, 0.3) is 0 Å². The third-order valence-electron chi connectivity index (χ3n) is 3.48. The Bertz CT molecular complexity index is 720. The van der Waals surface area contributed by atoms with Crippen LogP contribution in [-0.4, -0.2) is 42.5 Å². The lowest BCUT2D eigenvalue weighted by atomic mass is 10.1.